The fourth-order valence-electron chi connectivity index (χ4n) is 3.18. The van der Waals surface area contributed by atoms with E-state index in [2.05, 4.69) is 26.6 Å². The largest absolute Gasteiger partial charge is 0.325 e. The van der Waals surface area contributed by atoms with Gasteiger partial charge in [0.1, 0.15) is 12.1 Å². The fourth-order valence-corrected chi connectivity index (χ4v) is 3.86. The minimum absolute atomic E-state index is 0.140. The number of amides is 4. The van der Waals surface area contributed by atoms with Crippen molar-refractivity contribution in [2.75, 3.05) is 11.9 Å². The van der Waals surface area contributed by atoms with Gasteiger partial charge in [0.25, 0.3) is 11.6 Å². The van der Waals surface area contributed by atoms with Crippen LogP contribution in [0.4, 0.5) is 16.2 Å². The first-order valence-electron chi connectivity index (χ1n) is 8.58. The van der Waals surface area contributed by atoms with E-state index in [-0.39, 0.29) is 16.9 Å². The van der Waals surface area contributed by atoms with Crippen molar-refractivity contribution in [3.63, 3.8) is 0 Å². The standard InChI is InChI=1S/C19H17BrN4O5/c1-11-14(8-5-9-15(11)24(28)29)21-16(25)10-23-17(26)19(2,22-18(23)27)12-6-3-4-7-13(12)20/h3-9H,10H2,1-2H3,(H,21,25)(H,22,27)/t19-/m0/s1. The van der Waals surface area contributed by atoms with E-state index in [1.807, 2.05) is 0 Å². The fraction of sp³-hybridized carbons (Fsp3) is 0.211. The summed E-state index contributed by atoms with van der Waals surface area (Å²) in [4.78, 5) is 49.1. The lowest BCUT2D eigenvalue weighted by molar-refractivity contribution is -0.385. The lowest BCUT2D eigenvalue weighted by Crippen LogP contribution is -2.42. The zero-order chi connectivity index (χ0) is 21.3. The number of carbonyl (C=O) groups excluding carboxylic acids is 3. The third kappa shape index (κ3) is 3.70. The van der Waals surface area contributed by atoms with Gasteiger partial charge in [0.15, 0.2) is 0 Å². The first kappa shape index (κ1) is 20.5. The van der Waals surface area contributed by atoms with Gasteiger partial charge in [-0.15, -0.1) is 0 Å². The minimum Gasteiger partial charge on any atom is -0.324 e. The topological polar surface area (TPSA) is 122 Å². The molecule has 1 aliphatic heterocycles. The molecular formula is C19H17BrN4O5. The number of nitro groups is 1. The van der Waals surface area contributed by atoms with Gasteiger partial charge in [-0.1, -0.05) is 40.2 Å². The molecule has 1 saturated heterocycles. The zero-order valence-corrected chi connectivity index (χ0v) is 17.1. The Labute approximate surface area is 174 Å². The third-order valence-corrected chi connectivity index (χ3v) is 5.46. The number of nitrogens with one attached hydrogen (secondary N) is 2. The van der Waals surface area contributed by atoms with Gasteiger partial charge in [-0.3, -0.25) is 24.6 Å². The van der Waals surface area contributed by atoms with E-state index >= 15 is 0 Å². The summed E-state index contributed by atoms with van der Waals surface area (Å²) in [6.45, 7) is 2.55. The molecule has 0 unspecified atom stereocenters. The van der Waals surface area contributed by atoms with Crippen LogP contribution in [0.3, 0.4) is 0 Å². The molecule has 2 aromatic rings. The minimum atomic E-state index is -1.32. The predicted octanol–water partition coefficient (Wildman–Crippen LogP) is 3.07. The van der Waals surface area contributed by atoms with Crippen LogP contribution in [-0.4, -0.2) is 34.2 Å². The Balaban J connectivity index is 1.79. The number of hydrogen-bond donors (Lipinski definition) is 2. The van der Waals surface area contributed by atoms with Crippen molar-refractivity contribution < 1.29 is 19.3 Å². The second-order valence-electron chi connectivity index (χ2n) is 6.68. The Bertz CT molecular complexity index is 1040. The number of nitro benzene ring substituents is 1. The molecule has 2 N–H and O–H groups in total. The third-order valence-electron chi connectivity index (χ3n) is 4.77. The van der Waals surface area contributed by atoms with Crippen LogP contribution in [0, 0.1) is 17.0 Å². The van der Waals surface area contributed by atoms with Crippen molar-refractivity contribution in [1.29, 1.82) is 0 Å². The average Bonchev–Trinajstić information content (AvgIpc) is 2.87. The molecular weight excluding hydrogens is 444 g/mol. The van der Waals surface area contributed by atoms with Crippen molar-refractivity contribution in [3.8, 4) is 0 Å². The summed E-state index contributed by atoms with van der Waals surface area (Å²) in [6, 6.07) is 10.6. The van der Waals surface area contributed by atoms with Crippen LogP contribution in [0.1, 0.15) is 18.1 Å². The normalized spacial score (nSPS) is 18.5. The first-order chi connectivity index (χ1) is 13.6. The number of urea groups is 1. The van der Waals surface area contributed by atoms with E-state index in [1.165, 1.54) is 25.1 Å². The highest BCUT2D eigenvalue weighted by atomic mass is 79.9. The molecule has 10 heteroatoms. The van der Waals surface area contributed by atoms with Gasteiger partial charge in [0.2, 0.25) is 5.91 Å². The summed E-state index contributed by atoms with van der Waals surface area (Å²) in [5.74, 6) is -1.21. The smallest absolute Gasteiger partial charge is 0.324 e. The molecule has 0 spiro atoms. The Morgan fingerprint density at radius 3 is 2.59 bits per heavy atom. The van der Waals surface area contributed by atoms with Gasteiger partial charge in [-0.25, -0.2) is 4.79 Å². The highest BCUT2D eigenvalue weighted by Gasteiger charge is 2.50. The molecule has 1 aliphatic rings. The van der Waals surface area contributed by atoms with E-state index in [1.54, 1.807) is 31.2 Å². The lowest BCUT2D eigenvalue weighted by atomic mass is 9.92. The zero-order valence-electron chi connectivity index (χ0n) is 15.6. The quantitative estimate of drug-likeness (QED) is 0.403. The molecule has 4 amide bonds. The van der Waals surface area contributed by atoms with Gasteiger partial charge >= 0.3 is 6.03 Å². The number of rotatable bonds is 5. The summed E-state index contributed by atoms with van der Waals surface area (Å²) in [6.07, 6.45) is 0. The molecule has 0 aliphatic carbocycles. The summed E-state index contributed by atoms with van der Waals surface area (Å²) < 4.78 is 0.648. The number of carbonyl (C=O) groups is 3. The van der Waals surface area contributed by atoms with Crippen LogP contribution in [0.15, 0.2) is 46.9 Å². The number of anilines is 1. The SMILES string of the molecule is Cc1c(NC(=O)CN2C(=O)N[C@@](C)(c3ccccc3Br)C2=O)cccc1[N+](=O)[O-]. The van der Waals surface area contributed by atoms with Gasteiger partial charge in [-0.05, 0) is 26.0 Å². The van der Waals surface area contributed by atoms with Gasteiger partial charge in [0.05, 0.1) is 16.2 Å². The Morgan fingerprint density at radius 2 is 1.93 bits per heavy atom. The summed E-state index contributed by atoms with van der Waals surface area (Å²) in [5, 5.41) is 16.2. The van der Waals surface area contributed by atoms with E-state index in [0.29, 0.717) is 10.0 Å². The van der Waals surface area contributed by atoms with E-state index in [9.17, 15) is 24.5 Å². The Hall–Kier alpha value is -3.27. The summed E-state index contributed by atoms with van der Waals surface area (Å²) >= 11 is 3.37. The number of hydrogen-bond acceptors (Lipinski definition) is 5. The molecule has 9 nitrogen and oxygen atoms in total. The number of imide groups is 1. The molecule has 0 saturated carbocycles. The maximum atomic E-state index is 12.9. The summed E-state index contributed by atoms with van der Waals surface area (Å²) in [7, 11) is 0. The molecule has 0 aromatic heterocycles. The van der Waals surface area contributed by atoms with Crippen LogP contribution >= 0.6 is 15.9 Å². The second kappa shape index (κ2) is 7.63. The molecule has 1 fully saturated rings. The van der Waals surface area contributed by atoms with E-state index in [4.69, 9.17) is 0 Å². The van der Waals surface area contributed by atoms with Crippen molar-refractivity contribution >= 4 is 45.2 Å². The van der Waals surface area contributed by atoms with Crippen LogP contribution in [0.25, 0.3) is 0 Å². The highest BCUT2D eigenvalue weighted by Crippen LogP contribution is 2.33. The van der Waals surface area contributed by atoms with Gasteiger partial charge in [-0.2, -0.15) is 0 Å². The molecule has 0 bridgehead atoms. The molecule has 3 rings (SSSR count). The molecule has 150 valence electrons. The van der Waals surface area contributed by atoms with Crippen LogP contribution in [0.5, 0.6) is 0 Å². The van der Waals surface area contributed by atoms with E-state index in [0.717, 1.165) is 4.90 Å². The average molecular weight is 461 g/mol. The van der Waals surface area contributed by atoms with Gasteiger partial charge < -0.3 is 10.6 Å². The molecule has 1 heterocycles. The maximum Gasteiger partial charge on any atom is 0.325 e. The molecule has 1 atom stereocenters. The van der Waals surface area contributed by atoms with Crippen LogP contribution < -0.4 is 10.6 Å². The van der Waals surface area contributed by atoms with Crippen molar-refractivity contribution in [1.82, 2.24) is 10.2 Å². The van der Waals surface area contributed by atoms with Crippen molar-refractivity contribution in [3.05, 3.63) is 68.2 Å². The second-order valence-corrected chi connectivity index (χ2v) is 7.54. The molecule has 2 aromatic carbocycles. The molecule has 29 heavy (non-hydrogen) atoms. The van der Waals surface area contributed by atoms with Crippen molar-refractivity contribution in [2.24, 2.45) is 0 Å². The maximum absolute atomic E-state index is 12.9. The first-order valence-corrected chi connectivity index (χ1v) is 9.37. The predicted molar refractivity (Wildman–Crippen MR) is 108 cm³/mol. The van der Waals surface area contributed by atoms with Crippen LogP contribution in [0.2, 0.25) is 0 Å². The molecule has 0 radical (unpaired) electrons. The Morgan fingerprint density at radius 1 is 1.24 bits per heavy atom. The lowest BCUT2D eigenvalue weighted by Gasteiger charge is -2.23. The monoisotopic (exact) mass is 460 g/mol. The number of nitrogens with zero attached hydrogens (tertiary/aromatic N) is 2. The number of benzene rings is 2. The summed E-state index contributed by atoms with van der Waals surface area (Å²) in [5.41, 5.74) is -0.375. The van der Waals surface area contributed by atoms with Crippen molar-refractivity contribution in [2.45, 2.75) is 19.4 Å². The number of halogens is 1. The van der Waals surface area contributed by atoms with E-state index < -0.39 is 34.9 Å². The van der Waals surface area contributed by atoms with Gasteiger partial charge in [0, 0.05) is 16.1 Å². The Kier molecular flexibility index (Phi) is 5.38. The highest BCUT2D eigenvalue weighted by molar-refractivity contribution is 9.10. The van der Waals surface area contributed by atoms with Crippen LogP contribution in [-0.2, 0) is 15.1 Å².